The monoisotopic (exact) mass is 334 g/mol. The summed E-state index contributed by atoms with van der Waals surface area (Å²) in [6, 6.07) is 11.9. The van der Waals surface area contributed by atoms with Gasteiger partial charge in [0.25, 0.3) is 10.0 Å². The highest BCUT2D eigenvalue weighted by molar-refractivity contribution is 7.92. The van der Waals surface area contributed by atoms with Gasteiger partial charge in [0.05, 0.1) is 20.8 Å². The van der Waals surface area contributed by atoms with E-state index in [0.29, 0.717) is 15.9 Å². The van der Waals surface area contributed by atoms with Gasteiger partial charge in [-0.1, -0.05) is 23.5 Å². The number of anilines is 1. The van der Waals surface area contributed by atoms with Crippen LogP contribution in [0.5, 0.6) is 0 Å². The van der Waals surface area contributed by atoms with Crippen LogP contribution in [-0.2, 0) is 10.0 Å². The molecule has 0 aliphatic heterocycles. The zero-order chi connectivity index (χ0) is 15.9. The number of nitrogens with one attached hydrogen (secondary N) is 1. The molecule has 0 radical (unpaired) electrons. The minimum Gasteiger partial charge on any atom is -0.312 e. The largest absolute Gasteiger partial charge is 0.312 e. The van der Waals surface area contributed by atoms with E-state index in [0.717, 1.165) is 16.9 Å². The van der Waals surface area contributed by atoms with E-state index in [1.165, 1.54) is 23.5 Å². The second-order valence-electron chi connectivity index (χ2n) is 4.98. The van der Waals surface area contributed by atoms with Gasteiger partial charge in [-0.05, 0) is 42.8 Å². The lowest BCUT2D eigenvalue weighted by molar-refractivity contribution is 0.594. The molecular formula is C15H14N2O3S2. The van der Waals surface area contributed by atoms with Crippen molar-refractivity contribution in [1.82, 2.24) is 4.98 Å². The van der Waals surface area contributed by atoms with Gasteiger partial charge in [0.2, 0.25) is 0 Å². The molecule has 0 spiro atoms. The summed E-state index contributed by atoms with van der Waals surface area (Å²) in [5.41, 5.74) is 2.23. The lowest BCUT2D eigenvalue weighted by Crippen LogP contribution is -2.26. The molecule has 3 aromatic rings. The molecule has 0 bridgehead atoms. The molecule has 0 unspecified atom stereocenters. The van der Waals surface area contributed by atoms with Crippen LogP contribution in [0.25, 0.3) is 10.2 Å². The number of aromatic amines is 1. The third-order valence-corrected chi connectivity index (χ3v) is 6.04. The van der Waals surface area contributed by atoms with Gasteiger partial charge in [0.1, 0.15) is 0 Å². The molecule has 0 saturated carbocycles. The normalized spacial score (nSPS) is 11.7. The Morgan fingerprint density at radius 2 is 1.91 bits per heavy atom. The van der Waals surface area contributed by atoms with Crippen LogP contribution in [0.2, 0.25) is 0 Å². The molecule has 114 valence electrons. The minimum atomic E-state index is -3.67. The molecule has 3 rings (SSSR count). The number of sulfonamides is 1. The van der Waals surface area contributed by atoms with Gasteiger partial charge in [0.15, 0.2) is 0 Å². The smallest absolute Gasteiger partial charge is 0.305 e. The van der Waals surface area contributed by atoms with Crippen molar-refractivity contribution in [1.29, 1.82) is 0 Å². The lowest BCUT2D eigenvalue weighted by atomic mass is 10.2. The van der Waals surface area contributed by atoms with E-state index in [2.05, 4.69) is 4.98 Å². The Morgan fingerprint density at radius 1 is 1.14 bits per heavy atom. The van der Waals surface area contributed by atoms with Crippen molar-refractivity contribution in [3.05, 3.63) is 57.7 Å². The Labute approximate surface area is 131 Å². The molecule has 1 heterocycles. The van der Waals surface area contributed by atoms with E-state index in [1.807, 2.05) is 25.1 Å². The molecule has 22 heavy (non-hydrogen) atoms. The summed E-state index contributed by atoms with van der Waals surface area (Å²) in [6.45, 7) is 1.91. The zero-order valence-corrected chi connectivity index (χ0v) is 13.7. The van der Waals surface area contributed by atoms with Crippen molar-refractivity contribution in [3.63, 3.8) is 0 Å². The first-order valence-corrected chi connectivity index (χ1v) is 8.82. The average Bonchev–Trinajstić information content (AvgIpc) is 2.85. The fraction of sp³-hybridized carbons (Fsp3) is 0.133. The highest BCUT2D eigenvalue weighted by atomic mass is 32.2. The SMILES string of the molecule is Cc1cccc(N(C)S(=O)(=O)c2ccc3[nH]c(=O)sc3c2)c1. The van der Waals surface area contributed by atoms with Gasteiger partial charge >= 0.3 is 4.87 Å². The molecule has 0 amide bonds. The summed E-state index contributed by atoms with van der Waals surface area (Å²) >= 11 is 0.998. The van der Waals surface area contributed by atoms with Crippen molar-refractivity contribution in [2.24, 2.45) is 0 Å². The highest BCUT2D eigenvalue weighted by Crippen LogP contribution is 2.25. The summed E-state index contributed by atoms with van der Waals surface area (Å²) in [4.78, 5) is 14.0. The maximum Gasteiger partial charge on any atom is 0.305 e. The Bertz CT molecular complexity index is 1000. The Kier molecular flexibility index (Phi) is 3.54. The summed E-state index contributed by atoms with van der Waals surface area (Å²) in [5.74, 6) is 0. The van der Waals surface area contributed by atoms with Gasteiger partial charge in [0, 0.05) is 7.05 Å². The molecule has 2 aromatic carbocycles. The molecule has 0 aliphatic carbocycles. The van der Waals surface area contributed by atoms with E-state index in [9.17, 15) is 13.2 Å². The van der Waals surface area contributed by atoms with E-state index in [1.54, 1.807) is 12.1 Å². The number of aryl methyl sites for hydroxylation is 1. The lowest BCUT2D eigenvalue weighted by Gasteiger charge is -2.20. The number of benzene rings is 2. The van der Waals surface area contributed by atoms with Gasteiger partial charge in [-0.25, -0.2) is 8.42 Å². The third-order valence-electron chi connectivity index (χ3n) is 3.42. The number of rotatable bonds is 3. The number of hydrogen-bond donors (Lipinski definition) is 1. The second kappa shape index (κ2) is 5.26. The summed E-state index contributed by atoms with van der Waals surface area (Å²) in [7, 11) is -2.15. The van der Waals surface area contributed by atoms with Crippen LogP contribution >= 0.6 is 11.3 Å². The quantitative estimate of drug-likeness (QED) is 0.800. The first-order valence-electron chi connectivity index (χ1n) is 6.56. The summed E-state index contributed by atoms with van der Waals surface area (Å²) in [6.07, 6.45) is 0. The Hall–Kier alpha value is -2.12. The van der Waals surface area contributed by atoms with Crippen molar-refractivity contribution in [3.8, 4) is 0 Å². The molecule has 5 nitrogen and oxygen atoms in total. The maximum atomic E-state index is 12.7. The zero-order valence-electron chi connectivity index (χ0n) is 12.0. The van der Waals surface area contributed by atoms with E-state index < -0.39 is 10.0 Å². The average molecular weight is 334 g/mol. The van der Waals surface area contributed by atoms with Gasteiger partial charge in [-0.2, -0.15) is 0 Å². The van der Waals surface area contributed by atoms with E-state index >= 15 is 0 Å². The molecule has 0 atom stereocenters. The van der Waals surface area contributed by atoms with Crippen LogP contribution in [0.4, 0.5) is 5.69 Å². The molecule has 0 saturated heterocycles. The van der Waals surface area contributed by atoms with Crippen molar-refractivity contribution in [2.45, 2.75) is 11.8 Å². The van der Waals surface area contributed by atoms with Crippen LogP contribution in [0.1, 0.15) is 5.56 Å². The minimum absolute atomic E-state index is 0.166. The second-order valence-corrected chi connectivity index (χ2v) is 7.97. The first kappa shape index (κ1) is 14.8. The summed E-state index contributed by atoms with van der Waals surface area (Å²) < 4.78 is 27.3. The fourth-order valence-electron chi connectivity index (χ4n) is 2.21. The standard InChI is InChI=1S/C15H14N2O3S2/c1-10-4-3-5-11(8-10)17(2)22(19,20)12-6-7-13-14(9-12)21-15(18)16-13/h3-9H,1-2H3,(H,16,18). The molecular weight excluding hydrogens is 320 g/mol. The van der Waals surface area contributed by atoms with Crippen LogP contribution in [0.15, 0.2) is 52.2 Å². The topological polar surface area (TPSA) is 70.2 Å². The van der Waals surface area contributed by atoms with Gasteiger partial charge < -0.3 is 4.98 Å². The van der Waals surface area contributed by atoms with E-state index in [-0.39, 0.29) is 9.77 Å². The number of nitrogens with zero attached hydrogens (tertiary/aromatic N) is 1. The van der Waals surface area contributed by atoms with Crippen molar-refractivity contribution < 1.29 is 8.42 Å². The van der Waals surface area contributed by atoms with Crippen LogP contribution < -0.4 is 9.18 Å². The maximum absolute atomic E-state index is 12.7. The Morgan fingerprint density at radius 3 is 2.64 bits per heavy atom. The van der Waals surface area contributed by atoms with E-state index in [4.69, 9.17) is 0 Å². The van der Waals surface area contributed by atoms with Crippen LogP contribution in [-0.4, -0.2) is 20.4 Å². The number of aromatic nitrogens is 1. The van der Waals surface area contributed by atoms with Gasteiger partial charge in [-0.3, -0.25) is 9.10 Å². The number of hydrogen-bond acceptors (Lipinski definition) is 4. The van der Waals surface area contributed by atoms with Crippen molar-refractivity contribution in [2.75, 3.05) is 11.4 Å². The third kappa shape index (κ3) is 2.53. The molecule has 1 aromatic heterocycles. The highest BCUT2D eigenvalue weighted by Gasteiger charge is 2.22. The molecule has 0 aliphatic rings. The first-order chi connectivity index (χ1) is 10.4. The van der Waals surface area contributed by atoms with Crippen molar-refractivity contribution >= 4 is 37.3 Å². The number of H-pyrrole nitrogens is 1. The number of thiazole rings is 1. The summed E-state index contributed by atoms with van der Waals surface area (Å²) in [5, 5.41) is 0. The molecule has 0 fully saturated rings. The predicted molar refractivity (Wildman–Crippen MR) is 89.2 cm³/mol. The molecule has 1 N–H and O–H groups in total. The predicted octanol–water partition coefficient (Wildman–Crippen LogP) is 2.72. The Balaban J connectivity index is 2.08. The molecule has 7 heteroatoms. The van der Waals surface area contributed by atoms with Gasteiger partial charge in [-0.15, -0.1) is 0 Å². The van der Waals surface area contributed by atoms with Crippen LogP contribution in [0, 0.1) is 6.92 Å². The number of fused-ring (bicyclic) bond motifs is 1. The fourth-order valence-corrected chi connectivity index (χ4v) is 4.27. The van der Waals surface area contributed by atoms with Crippen LogP contribution in [0.3, 0.4) is 0 Å².